The van der Waals surface area contributed by atoms with Gasteiger partial charge in [-0.25, -0.2) is 4.98 Å². The van der Waals surface area contributed by atoms with E-state index in [2.05, 4.69) is 4.98 Å². The van der Waals surface area contributed by atoms with Gasteiger partial charge >= 0.3 is 0 Å². The lowest BCUT2D eigenvalue weighted by Gasteiger charge is -2.13. The van der Waals surface area contributed by atoms with Crippen LogP contribution in [0.15, 0.2) is 24.5 Å². The smallest absolute Gasteiger partial charge is 0.217 e. The van der Waals surface area contributed by atoms with Crippen LogP contribution in [-0.4, -0.2) is 23.8 Å². The molecule has 1 aromatic carbocycles. The van der Waals surface area contributed by atoms with Gasteiger partial charge in [0.05, 0.1) is 25.6 Å². The number of nitrogens with zero attached hydrogens (tertiary/aromatic N) is 3. The molecular weight excluding hydrogens is 232 g/mol. The topological polar surface area (TPSA) is 86.1 Å². The highest BCUT2D eigenvalue weighted by atomic mass is 16.5. The molecule has 92 valence electrons. The van der Waals surface area contributed by atoms with E-state index in [4.69, 9.17) is 20.5 Å². The first-order valence-electron chi connectivity index (χ1n) is 5.16. The highest BCUT2D eigenvalue weighted by Gasteiger charge is 2.12. The van der Waals surface area contributed by atoms with Gasteiger partial charge < -0.3 is 15.2 Å². The van der Waals surface area contributed by atoms with E-state index in [1.807, 2.05) is 6.07 Å². The minimum Gasteiger partial charge on any atom is -0.493 e. The third-order valence-electron chi connectivity index (χ3n) is 2.53. The van der Waals surface area contributed by atoms with Crippen molar-refractivity contribution in [3.05, 3.63) is 30.4 Å². The van der Waals surface area contributed by atoms with Crippen molar-refractivity contribution in [3.63, 3.8) is 0 Å². The van der Waals surface area contributed by atoms with Crippen LogP contribution in [0.4, 0.5) is 5.69 Å². The van der Waals surface area contributed by atoms with Crippen LogP contribution in [0.1, 0.15) is 5.82 Å². The third-order valence-corrected chi connectivity index (χ3v) is 2.53. The minimum atomic E-state index is 0.258. The molecular formula is C12H12N4O2. The Balaban J connectivity index is 2.62. The number of methoxy groups -OCH3 is 2. The van der Waals surface area contributed by atoms with Crippen LogP contribution >= 0.6 is 0 Å². The fourth-order valence-corrected chi connectivity index (χ4v) is 1.67. The number of nitrogens with two attached hydrogens (primary N) is 1. The predicted molar refractivity (Wildman–Crippen MR) is 65.8 cm³/mol. The molecule has 0 unspecified atom stereocenters. The molecule has 2 N–H and O–H groups in total. The second kappa shape index (κ2) is 4.67. The van der Waals surface area contributed by atoms with Crippen molar-refractivity contribution in [1.82, 2.24) is 9.55 Å². The number of nitrogen functional groups attached to an aromatic ring is 1. The van der Waals surface area contributed by atoms with Gasteiger partial charge in [0.1, 0.15) is 6.07 Å². The average molecular weight is 244 g/mol. The van der Waals surface area contributed by atoms with Crippen LogP contribution in [0.25, 0.3) is 5.69 Å². The van der Waals surface area contributed by atoms with Gasteiger partial charge in [-0.3, -0.25) is 4.57 Å². The molecule has 0 saturated heterocycles. The molecule has 0 fully saturated rings. The maximum atomic E-state index is 8.96. The Morgan fingerprint density at radius 3 is 2.56 bits per heavy atom. The van der Waals surface area contributed by atoms with E-state index in [9.17, 15) is 0 Å². The zero-order valence-corrected chi connectivity index (χ0v) is 10.0. The number of hydrogen-bond acceptors (Lipinski definition) is 5. The third kappa shape index (κ3) is 1.82. The van der Waals surface area contributed by atoms with Crippen LogP contribution in [0.5, 0.6) is 11.5 Å². The molecule has 0 aliphatic rings. The fourth-order valence-electron chi connectivity index (χ4n) is 1.67. The summed E-state index contributed by atoms with van der Waals surface area (Å²) in [5.41, 5.74) is 7.04. The largest absolute Gasteiger partial charge is 0.493 e. The zero-order chi connectivity index (χ0) is 13.1. The highest BCUT2D eigenvalue weighted by Crippen LogP contribution is 2.34. The summed E-state index contributed by atoms with van der Waals surface area (Å²) in [7, 11) is 3.08. The SMILES string of the molecule is COc1cc(N)c(-n2ccnc2C#N)cc1OC. The molecule has 0 amide bonds. The quantitative estimate of drug-likeness (QED) is 0.823. The molecule has 18 heavy (non-hydrogen) atoms. The number of anilines is 1. The Kier molecular flexibility index (Phi) is 3.06. The van der Waals surface area contributed by atoms with E-state index in [1.165, 1.54) is 20.4 Å². The predicted octanol–water partition coefficient (Wildman–Crippen LogP) is 1.34. The summed E-state index contributed by atoms with van der Waals surface area (Å²) >= 11 is 0. The van der Waals surface area contributed by atoms with Gasteiger partial charge in [0, 0.05) is 24.5 Å². The summed E-state index contributed by atoms with van der Waals surface area (Å²) in [5, 5.41) is 8.96. The van der Waals surface area contributed by atoms with E-state index in [1.54, 1.807) is 22.9 Å². The summed E-state index contributed by atoms with van der Waals surface area (Å²) in [6, 6.07) is 5.34. The number of imidazole rings is 1. The van der Waals surface area contributed by atoms with Crippen LogP contribution < -0.4 is 15.2 Å². The summed E-state index contributed by atoms with van der Waals surface area (Å²) < 4.78 is 12.0. The van der Waals surface area contributed by atoms with Gasteiger partial charge in [-0.1, -0.05) is 0 Å². The Labute approximate surface area is 104 Å². The van der Waals surface area contributed by atoms with Gasteiger partial charge in [-0.05, 0) is 0 Å². The molecule has 1 aromatic heterocycles. The van der Waals surface area contributed by atoms with E-state index < -0.39 is 0 Å². The second-order valence-electron chi connectivity index (χ2n) is 3.50. The number of nitriles is 1. The molecule has 1 heterocycles. The van der Waals surface area contributed by atoms with Crippen LogP contribution in [-0.2, 0) is 0 Å². The van der Waals surface area contributed by atoms with Gasteiger partial charge in [0.2, 0.25) is 5.82 Å². The summed E-state index contributed by atoms with van der Waals surface area (Å²) in [5.74, 6) is 1.34. The van der Waals surface area contributed by atoms with Crippen LogP contribution in [0.3, 0.4) is 0 Å². The molecule has 0 aliphatic carbocycles. The average Bonchev–Trinajstić information content (AvgIpc) is 2.86. The Hall–Kier alpha value is -2.68. The Morgan fingerprint density at radius 2 is 1.94 bits per heavy atom. The molecule has 0 atom stereocenters. The van der Waals surface area contributed by atoms with E-state index >= 15 is 0 Å². The molecule has 6 heteroatoms. The lowest BCUT2D eigenvalue weighted by molar-refractivity contribution is 0.355. The molecule has 0 bridgehead atoms. The van der Waals surface area contributed by atoms with Crippen molar-refractivity contribution in [3.8, 4) is 23.3 Å². The molecule has 0 spiro atoms. The lowest BCUT2D eigenvalue weighted by atomic mass is 10.2. The standard InChI is InChI=1S/C12H12N4O2/c1-17-10-5-8(14)9(6-11(10)18-2)16-4-3-15-12(16)7-13/h3-6H,14H2,1-2H3. The van der Waals surface area contributed by atoms with Crippen molar-refractivity contribution < 1.29 is 9.47 Å². The van der Waals surface area contributed by atoms with Crippen molar-refractivity contribution >= 4 is 5.69 Å². The molecule has 0 radical (unpaired) electrons. The number of ether oxygens (including phenoxy) is 2. The fraction of sp³-hybridized carbons (Fsp3) is 0.167. The normalized spacial score (nSPS) is 9.83. The summed E-state index contributed by atoms with van der Waals surface area (Å²) in [4.78, 5) is 3.92. The van der Waals surface area contributed by atoms with E-state index in [0.29, 0.717) is 22.9 Å². The molecule has 2 aromatic rings. The number of benzene rings is 1. The van der Waals surface area contributed by atoms with Gasteiger partial charge in [-0.2, -0.15) is 5.26 Å². The summed E-state index contributed by atoms with van der Waals surface area (Å²) in [6.07, 6.45) is 3.20. The number of aromatic nitrogens is 2. The molecule has 6 nitrogen and oxygen atoms in total. The maximum Gasteiger partial charge on any atom is 0.217 e. The van der Waals surface area contributed by atoms with Gasteiger partial charge in [0.15, 0.2) is 11.5 Å². The van der Waals surface area contributed by atoms with Crippen molar-refractivity contribution in [2.45, 2.75) is 0 Å². The molecule has 2 rings (SSSR count). The minimum absolute atomic E-state index is 0.258. The van der Waals surface area contributed by atoms with Crippen LogP contribution in [0, 0.1) is 11.3 Å². The lowest BCUT2D eigenvalue weighted by Crippen LogP contribution is -2.03. The van der Waals surface area contributed by atoms with Crippen molar-refractivity contribution in [1.29, 1.82) is 5.26 Å². The first-order valence-corrected chi connectivity index (χ1v) is 5.16. The first-order chi connectivity index (χ1) is 8.71. The maximum absolute atomic E-state index is 8.96. The monoisotopic (exact) mass is 244 g/mol. The number of rotatable bonds is 3. The van der Waals surface area contributed by atoms with E-state index in [0.717, 1.165) is 0 Å². The highest BCUT2D eigenvalue weighted by molar-refractivity contribution is 5.66. The number of hydrogen-bond donors (Lipinski definition) is 1. The van der Waals surface area contributed by atoms with Crippen molar-refractivity contribution in [2.75, 3.05) is 20.0 Å². The van der Waals surface area contributed by atoms with Crippen molar-refractivity contribution in [2.24, 2.45) is 0 Å². The van der Waals surface area contributed by atoms with Gasteiger partial charge in [0.25, 0.3) is 0 Å². The van der Waals surface area contributed by atoms with Gasteiger partial charge in [-0.15, -0.1) is 0 Å². The first kappa shape index (κ1) is 11.8. The van der Waals surface area contributed by atoms with E-state index in [-0.39, 0.29) is 5.82 Å². The summed E-state index contributed by atoms with van der Waals surface area (Å²) in [6.45, 7) is 0. The Bertz CT molecular complexity index is 613. The zero-order valence-electron chi connectivity index (χ0n) is 10.0. The second-order valence-corrected chi connectivity index (χ2v) is 3.50. The molecule has 0 saturated carbocycles. The molecule has 0 aliphatic heterocycles. The Morgan fingerprint density at radius 1 is 1.28 bits per heavy atom. The van der Waals surface area contributed by atoms with Crippen LogP contribution in [0.2, 0.25) is 0 Å².